The van der Waals surface area contributed by atoms with Crippen LogP contribution in [0.1, 0.15) is 17.2 Å². The summed E-state index contributed by atoms with van der Waals surface area (Å²) in [6.45, 7) is 0. The third kappa shape index (κ3) is 2.72. The van der Waals surface area contributed by atoms with Gasteiger partial charge in [0, 0.05) is 5.56 Å². The van der Waals surface area contributed by atoms with E-state index < -0.39 is 35.3 Å². The molecule has 0 aliphatic rings. The van der Waals surface area contributed by atoms with E-state index in [1.165, 1.54) is 6.07 Å². The minimum Gasteiger partial charge on any atom is -0.384 e. The van der Waals surface area contributed by atoms with Crippen LogP contribution in [0.5, 0.6) is 0 Å². The van der Waals surface area contributed by atoms with Gasteiger partial charge >= 0.3 is 6.18 Å². The molecule has 0 bridgehead atoms. The maximum absolute atomic E-state index is 13.4. The quantitative estimate of drug-likeness (QED) is 0.620. The Hall–Kier alpha value is -1.65. The topological polar surface area (TPSA) is 64.2 Å². The van der Waals surface area contributed by atoms with Gasteiger partial charge in [-0.3, -0.25) is 0 Å². The number of benzene rings is 1. The fourth-order valence-electron chi connectivity index (χ4n) is 1.24. The molecule has 0 saturated carbocycles. The molecule has 0 aliphatic carbocycles. The van der Waals surface area contributed by atoms with Crippen molar-refractivity contribution in [3.05, 3.63) is 35.1 Å². The highest BCUT2D eigenvalue weighted by molar-refractivity contribution is 5.30. The van der Waals surface area contributed by atoms with E-state index in [1.54, 1.807) is 0 Å². The van der Waals surface area contributed by atoms with E-state index in [0.29, 0.717) is 6.07 Å². The molecule has 2 unspecified atom stereocenters. The van der Waals surface area contributed by atoms with E-state index in [4.69, 9.17) is 10.4 Å². The molecule has 1 rings (SSSR count). The van der Waals surface area contributed by atoms with E-state index in [9.17, 15) is 22.7 Å². The van der Waals surface area contributed by atoms with Gasteiger partial charge in [-0.25, -0.2) is 4.39 Å². The average molecular weight is 249 g/mol. The lowest BCUT2D eigenvalue weighted by Gasteiger charge is -2.16. The predicted molar refractivity (Wildman–Crippen MR) is 48.0 cm³/mol. The van der Waals surface area contributed by atoms with Gasteiger partial charge in [0.05, 0.1) is 11.6 Å². The van der Waals surface area contributed by atoms with Crippen molar-refractivity contribution in [1.29, 1.82) is 5.26 Å². The Labute approximate surface area is 93.5 Å². The van der Waals surface area contributed by atoms with Crippen LogP contribution in [0.2, 0.25) is 0 Å². The fourth-order valence-corrected chi connectivity index (χ4v) is 1.24. The van der Waals surface area contributed by atoms with Gasteiger partial charge < -0.3 is 10.2 Å². The number of alkyl halides is 3. The lowest BCUT2D eigenvalue weighted by molar-refractivity contribution is -0.140. The number of hydrogen-bond donors (Lipinski definition) is 2. The van der Waals surface area contributed by atoms with Crippen molar-refractivity contribution in [2.24, 2.45) is 0 Å². The molecule has 0 heterocycles. The van der Waals surface area contributed by atoms with Crippen molar-refractivity contribution < 1.29 is 27.8 Å². The second kappa shape index (κ2) is 4.69. The zero-order valence-corrected chi connectivity index (χ0v) is 8.24. The van der Waals surface area contributed by atoms with Crippen LogP contribution in [0, 0.1) is 17.1 Å². The Balaban J connectivity index is 3.25. The van der Waals surface area contributed by atoms with Crippen LogP contribution >= 0.6 is 0 Å². The molecule has 92 valence electrons. The van der Waals surface area contributed by atoms with Crippen LogP contribution in [-0.2, 0) is 6.18 Å². The number of aliphatic hydroxyl groups is 2. The molecular formula is C10H7F4NO2. The maximum atomic E-state index is 13.4. The summed E-state index contributed by atoms with van der Waals surface area (Å²) in [5.74, 6) is -1.69. The van der Waals surface area contributed by atoms with Gasteiger partial charge in [-0.1, -0.05) is 12.1 Å². The summed E-state index contributed by atoms with van der Waals surface area (Å²) < 4.78 is 50.4. The van der Waals surface area contributed by atoms with Crippen LogP contribution in [0.3, 0.4) is 0 Å². The SMILES string of the molecule is N#CC(O)C(O)c1cccc(C(F)(F)F)c1F. The summed E-state index contributed by atoms with van der Waals surface area (Å²) in [6, 6.07) is 3.46. The van der Waals surface area contributed by atoms with Crippen LogP contribution in [-0.4, -0.2) is 16.3 Å². The lowest BCUT2D eigenvalue weighted by Crippen LogP contribution is -2.19. The average Bonchev–Trinajstić information content (AvgIpc) is 2.25. The number of aliphatic hydroxyl groups excluding tert-OH is 2. The zero-order chi connectivity index (χ0) is 13.2. The molecule has 2 atom stereocenters. The van der Waals surface area contributed by atoms with Crippen LogP contribution in [0.4, 0.5) is 17.6 Å². The number of nitrogens with zero attached hydrogens (tertiary/aromatic N) is 1. The predicted octanol–water partition coefficient (Wildman–Crippen LogP) is 1.76. The number of hydrogen-bond acceptors (Lipinski definition) is 3. The van der Waals surface area contributed by atoms with Gasteiger partial charge in [0.1, 0.15) is 11.9 Å². The minimum absolute atomic E-state index is 0.504. The first kappa shape index (κ1) is 13.4. The van der Waals surface area contributed by atoms with E-state index in [1.807, 2.05) is 0 Å². The third-order valence-corrected chi connectivity index (χ3v) is 2.08. The fraction of sp³-hybridized carbons (Fsp3) is 0.300. The van der Waals surface area contributed by atoms with Crippen molar-refractivity contribution in [1.82, 2.24) is 0 Å². The normalized spacial score (nSPS) is 15.1. The zero-order valence-electron chi connectivity index (χ0n) is 8.24. The van der Waals surface area contributed by atoms with Gasteiger partial charge in [-0.05, 0) is 6.07 Å². The molecule has 7 heteroatoms. The highest BCUT2D eigenvalue weighted by Crippen LogP contribution is 2.34. The summed E-state index contributed by atoms with van der Waals surface area (Å²) in [5, 5.41) is 26.5. The molecule has 17 heavy (non-hydrogen) atoms. The Kier molecular flexibility index (Phi) is 3.70. The van der Waals surface area contributed by atoms with Crippen molar-refractivity contribution in [2.45, 2.75) is 18.4 Å². The molecule has 0 amide bonds. The monoisotopic (exact) mass is 249 g/mol. The maximum Gasteiger partial charge on any atom is 0.419 e. The molecule has 3 nitrogen and oxygen atoms in total. The van der Waals surface area contributed by atoms with Crippen molar-refractivity contribution in [3.63, 3.8) is 0 Å². The van der Waals surface area contributed by atoms with Gasteiger partial charge in [-0.15, -0.1) is 0 Å². The first-order valence-electron chi connectivity index (χ1n) is 4.40. The molecule has 2 N–H and O–H groups in total. The van der Waals surface area contributed by atoms with Crippen LogP contribution in [0.15, 0.2) is 18.2 Å². The number of rotatable bonds is 2. The summed E-state index contributed by atoms with van der Waals surface area (Å²) in [6.07, 6.45) is -8.92. The summed E-state index contributed by atoms with van der Waals surface area (Å²) in [7, 11) is 0. The molecule has 0 radical (unpaired) electrons. The largest absolute Gasteiger partial charge is 0.419 e. The molecule has 0 saturated heterocycles. The molecule has 0 aliphatic heterocycles. The molecule has 1 aromatic carbocycles. The number of nitriles is 1. The van der Waals surface area contributed by atoms with Crippen molar-refractivity contribution in [2.75, 3.05) is 0 Å². The standard InChI is InChI=1S/C10H7F4NO2/c11-8-5(9(17)7(16)4-15)2-1-3-6(8)10(12,13)14/h1-3,7,9,16-17H. The van der Waals surface area contributed by atoms with Gasteiger partial charge in [-0.2, -0.15) is 18.4 Å². The van der Waals surface area contributed by atoms with Crippen molar-refractivity contribution in [3.8, 4) is 6.07 Å². The smallest absolute Gasteiger partial charge is 0.384 e. The Morgan fingerprint density at radius 2 is 1.82 bits per heavy atom. The van der Waals surface area contributed by atoms with Crippen LogP contribution < -0.4 is 0 Å². The molecule has 1 aromatic rings. The highest BCUT2D eigenvalue weighted by Gasteiger charge is 2.36. The second-order valence-corrected chi connectivity index (χ2v) is 3.23. The minimum atomic E-state index is -4.91. The van der Waals surface area contributed by atoms with E-state index in [-0.39, 0.29) is 0 Å². The molecule has 0 aromatic heterocycles. The van der Waals surface area contributed by atoms with E-state index >= 15 is 0 Å². The summed E-state index contributed by atoms with van der Waals surface area (Å²) >= 11 is 0. The first-order chi connectivity index (χ1) is 7.79. The van der Waals surface area contributed by atoms with Crippen molar-refractivity contribution >= 4 is 0 Å². The summed E-state index contributed by atoms with van der Waals surface area (Å²) in [5.41, 5.74) is -2.33. The van der Waals surface area contributed by atoms with E-state index in [0.717, 1.165) is 12.1 Å². The second-order valence-electron chi connectivity index (χ2n) is 3.23. The molecule has 0 fully saturated rings. The van der Waals surface area contributed by atoms with Gasteiger partial charge in [0.25, 0.3) is 0 Å². The lowest BCUT2D eigenvalue weighted by atomic mass is 10.0. The third-order valence-electron chi connectivity index (χ3n) is 2.08. The number of halogens is 4. The Morgan fingerprint density at radius 1 is 1.24 bits per heavy atom. The molecular weight excluding hydrogens is 242 g/mol. The van der Waals surface area contributed by atoms with Gasteiger partial charge in [0.2, 0.25) is 0 Å². The summed E-state index contributed by atoms with van der Waals surface area (Å²) in [4.78, 5) is 0. The highest BCUT2D eigenvalue weighted by atomic mass is 19.4. The Bertz CT molecular complexity index is 453. The Morgan fingerprint density at radius 3 is 2.29 bits per heavy atom. The van der Waals surface area contributed by atoms with Crippen LogP contribution in [0.25, 0.3) is 0 Å². The first-order valence-corrected chi connectivity index (χ1v) is 4.40. The van der Waals surface area contributed by atoms with E-state index in [2.05, 4.69) is 0 Å². The van der Waals surface area contributed by atoms with Gasteiger partial charge in [0.15, 0.2) is 6.10 Å². The molecule has 0 spiro atoms.